The molecule has 3 nitrogen and oxygen atoms in total. The Balaban J connectivity index is 1.93. The highest BCUT2D eigenvalue weighted by atomic mass is 35.5. The number of aromatic hydroxyl groups is 1. The molecule has 2 aromatic carbocycles. The van der Waals surface area contributed by atoms with Gasteiger partial charge in [-0.15, -0.1) is 0 Å². The van der Waals surface area contributed by atoms with Gasteiger partial charge in [0, 0.05) is 24.2 Å². The maximum Gasteiger partial charge on any atom is 0.138 e. The lowest BCUT2D eigenvalue weighted by molar-refractivity contribution is 0.169. The van der Waals surface area contributed by atoms with Gasteiger partial charge in [-0.05, 0) is 12.1 Å². The molecule has 0 heterocycles. The van der Waals surface area contributed by atoms with E-state index in [0.29, 0.717) is 12.1 Å². The Morgan fingerprint density at radius 1 is 1.15 bits per heavy atom. The predicted molar refractivity (Wildman–Crippen MR) is 76.2 cm³/mol. The van der Waals surface area contributed by atoms with Crippen molar-refractivity contribution in [3.05, 3.63) is 64.4 Å². The second-order valence-electron chi connectivity index (χ2n) is 4.42. The van der Waals surface area contributed by atoms with Gasteiger partial charge in [0.05, 0.1) is 11.1 Å². The molecule has 3 N–H and O–H groups in total. The molecule has 0 saturated carbocycles. The number of hydrogen-bond donors (Lipinski definition) is 3. The third-order valence-electron chi connectivity index (χ3n) is 2.99. The monoisotopic (exact) mass is 295 g/mol. The summed E-state index contributed by atoms with van der Waals surface area (Å²) in [6.45, 7) is 0.505. The van der Waals surface area contributed by atoms with Gasteiger partial charge in [-0.1, -0.05) is 41.9 Å². The SMILES string of the molecule is Oc1c(Cl)cccc1CNCC(O)c1ccccc1F. The lowest BCUT2D eigenvalue weighted by atomic mass is 10.1. The van der Waals surface area contributed by atoms with Crippen LogP contribution in [0.15, 0.2) is 42.5 Å². The number of halogens is 2. The van der Waals surface area contributed by atoms with E-state index in [2.05, 4.69) is 5.32 Å². The highest BCUT2D eigenvalue weighted by Crippen LogP contribution is 2.26. The molecule has 2 rings (SSSR count). The van der Waals surface area contributed by atoms with Crippen LogP contribution in [0.4, 0.5) is 4.39 Å². The van der Waals surface area contributed by atoms with Gasteiger partial charge in [0.1, 0.15) is 11.6 Å². The zero-order chi connectivity index (χ0) is 14.5. The first-order valence-corrected chi connectivity index (χ1v) is 6.57. The Morgan fingerprint density at radius 3 is 2.65 bits per heavy atom. The molecule has 0 aliphatic rings. The molecule has 20 heavy (non-hydrogen) atoms. The Bertz CT molecular complexity index is 592. The van der Waals surface area contributed by atoms with E-state index in [-0.39, 0.29) is 22.9 Å². The molecule has 2 aromatic rings. The molecule has 1 atom stereocenters. The van der Waals surface area contributed by atoms with Crippen molar-refractivity contribution in [1.82, 2.24) is 5.32 Å². The van der Waals surface area contributed by atoms with Crippen LogP contribution in [0, 0.1) is 5.82 Å². The van der Waals surface area contributed by atoms with Crippen molar-refractivity contribution in [1.29, 1.82) is 0 Å². The van der Waals surface area contributed by atoms with Gasteiger partial charge in [0.15, 0.2) is 0 Å². The molecule has 0 fully saturated rings. The molecule has 0 radical (unpaired) electrons. The molecule has 0 spiro atoms. The van der Waals surface area contributed by atoms with Crippen LogP contribution in [-0.2, 0) is 6.54 Å². The normalized spacial score (nSPS) is 12.3. The van der Waals surface area contributed by atoms with Crippen LogP contribution in [-0.4, -0.2) is 16.8 Å². The van der Waals surface area contributed by atoms with Crippen LogP contribution in [0.5, 0.6) is 5.75 Å². The minimum atomic E-state index is -0.947. The Hall–Kier alpha value is -1.62. The van der Waals surface area contributed by atoms with Gasteiger partial charge < -0.3 is 15.5 Å². The second-order valence-corrected chi connectivity index (χ2v) is 4.82. The quantitative estimate of drug-likeness (QED) is 0.795. The Labute approximate surface area is 121 Å². The third-order valence-corrected chi connectivity index (χ3v) is 3.29. The molecule has 5 heteroatoms. The maximum absolute atomic E-state index is 13.5. The van der Waals surface area contributed by atoms with Gasteiger partial charge in [0.2, 0.25) is 0 Å². The van der Waals surface area contributed by atoms with E-state index in [0.717, 1.165) is 0 Å². The molecule has 0 saturated heterocycles. The fraction of sp³-hybridized carbons (Fsp3) is 0.200. The number of benzene rings is 2. The number of para-hydroxylation sites is 1. The summed E-state index contributed by atoms with van der Waals surface area (Å²) in [7, 11) is 0. The molecule has 106 valence electrons. The number of phenols is 1. The summed E-state index contributed by atoms with van der Waals surface area (Å²) in [6, 6.07) is 11.1. The molecule has 0 aliphatic heterocycles. The Morgan fingerprint density at radius 2 is 1.90 bits per heavy atom. The molecule has 1 unspecified atom stereocenters. The number of hydrogen-bond acceptors (Lipinski definition) is 3. The molecule has 0 bridgehead atoms. The first-order chi connectivity index (χ1) is 9.59. The number of nitrogens with one attached hydrogen (secondary N) is 1. The van der Waals surface area contributed by atoms with Crippen LogP contribution in [0.25, 0.3) is 0 Å². The predicted octanol–water partition coefficient (Wildman–Crippen LogP) is 3.01. The van der Waals surface area contributed by atoms with Crippen molar-refractivity contribution in [3.63, 3.8) is 0 Å². The van der Waals surface area contributed by atoms with E-state index in [1.54, 1.807) is 36.4 Å². The van der Waals surface area contributed by atoms with Crippen molar-refractivity contribution in [2.75, 3.05) is 6.54 Å². The van der Waals surface area contributed by atoms with Crippen molar-refractivity contribution in [3.8, 4) is 5.75 Å². The molecule has 0 aliphatic carbocycles. The largest absolute Gasteiger partial charge is 0.506 e. The van der Waals surface area contributed by atoms with E-state index in [1.807, 2.05) is 0 Å². The van der Waals surface area contributed by atoms with E-state index < -0.39 is 11.9 Å². The highest BCUT2D eigenvalue weighted by molar-refractivity contribution is 6.32. The van der Waals surface area contributed by atoms with E-state index >= 15 is 0 Å². The summed E-state index contributed by atoms with van der Waals surface area (Å²) in [5.74, 6) is -0.422. The average Bonchev–Trinajstić information content (AvgIpc) is 2.44. The minimum Gasteiger partial charge on any atom is -0.506 e. The zero-order valence-electron chi connectivity index (χ0n) is 10.7. The standard InChI is InChI=1S/C15H15ClFNO2/c16-12-6-3-4-10(15(12)20)8-18-9-14(19)11-5-1-2-7-13(11)17/h1-7,14,18-20H,8-9H2. The van der Waals surface area contributed by atoms with E-state index in [1.165, 1.54) is 6.07 Å². The molecular formula is C15H15ClFNO2. The van der Waals surface area contributed by atoms with Crippen LogP contribution in [0.1, 0.15) is 17.2 Å². The van der Waals surface area contributed by atoms with Gasteiger partial charge in [-0.2, -0.15) is 0 Å². The minimum absolute atomic E-state index is 0.0158. The summed E-state index contributed by atoms with van der Waals surface area (Å²) in [5.41, 5.74) is 0.869. The summed E-state index contributed by atoms with van der Waals surface area (Å²) in [5, 5.41) is 22.9. The van der Waals surface area contributed by atoms with E-state index in [4.69, 9.17) is 11.6 Å². The second kappa shape index (κ2) is 6.70. The molecule has 0 aromatic heterocycles. The van der Waals surface area contributed by atoms with Crippen molar-refractivity contribution in [2.45, 2.75) is 12.6 Å². The number of aliphatic hydroxyl groups is 1. The van der Waals surface area contributed by atoms with Gasteiger partial charge in [0.25, 0.3) is 0 Å². The zero-order valence-corrected chi connectivity index (χ0v) is 11.4. The van der Waals surface area contributed by atoms with Gasteiger partial charge >= 0.3 is 0 Å². The topological polar surface area (TPSA) is 52.5 Å². The first kappa shape index (κ1) is 14.8. The van der Waals surface area contributed by atoms with Gasteiger partial charge in [-0.25, -0.2) is 4.39 Å². The third kappa shape index (κ3) is 3.48. The van der Waals surface area contributed by atoms with Crippen LogP contribution < -0.4 is 5.32 Å². The first-order valence-electron chi connectivity index (χ1n) is 6.19. The van der Waals surface area contributed by atoms with Crippen LogP contribution in [0.3, 0.4) is 0 Å². The van der Waals surface area contributed by atoms with Crippen molar-refractivity contribution >= 4 is 11.6 Å². The summed E-state index contributed by atoms with van der Waals surface area (Å²) < 4.78 is 13.5. The molecule has 0 amide bonds. The van der Waals surface area contributed by atoms with E-state index in [9.17, 15) is 14.6 Å². The molecular weight excluding hydrogens is 281 g/mol. The van der Waals surface area contributed by atoms with Gasteiger partial charge in [-0.3, -0.25) is 0 Å². The number of phenolic OH excluding ortho intramolecular Hbond substituents is 1. The maximum atomic E-state index is 13.5. The van der Waals surface area contributed by atoms with Crippen molar-refractivity contribution in [2.24, 2.45) is 0 Å². The highest BCUT2D eigenvalue weighted by Gasteiger charge is 2.12. The summed E-state index contributed by atoms with van der Waals surface area (Å²) in [4.78, 5) is 0. The Kier molecular flexibility index (Phi) is 4.95. The fourth-order valence-corrected chi connectivity index (χ4v) is 2.10. The van der Waals surface area contributed by atoms with Crippen LogP contribution >= 0.6 is 11.6 Å². The summed E-state index contributed by atoms with van der Waals surface area (Å²) >= 11 is 5.80. The lowest BCUT2D eigenvalue weighted by Crippen LogP contribution is -2.21. The fourth-order valence-electron chi connectivity index (χ4n) is 1.90. The smallest absolute Gasteiger partial charge is 0.138 e. The number of aliphatic hydroxyl groups excluding tert-OH is 1. The average molecular weight is 296 g/mol. The summed E-state index contributed by atoms with van der Waals surface area (Å²) in [6.07, 6.45) is -0.947. The van der Waals surface area contributed by atoms with Crippen molar-refractivity contribution < 1.29 is 14.6 Å². The lowest BCUT2D eigenvalue weighted by Gasteiger charge is -2.13. The van der Waals surface area contributed by atoms with Crippen LogP contribution in [0.2, 0.25) is 5.02 Å². The number of rotatable bonds is 5.